The zero-order valence-electron chi connectivity index (χ0n) is 7.63. The molecule has 0 N–H and O–H groups in total. The molecule has 0 aliphatic heterocycles. The van der Waals surface area contributed by atoms with E-state index in [1.807, 2.05) is 6.92 Å². The van der Waals surface area contributed by atoms with Crippen molar-refractivity contribution in [2.24, 2.45) is 4.99 Å². The largest absolute Gasteiger partial charge is 0.285 e. The Kier molecular flexibility index (Phi) is 4.15. The summed E-state index contributed by atoms with van der Waals surface area (Å²) >= 11 is 2.29. The Morgan fingerprint density at radius 2 is 2.08 bits per heavy atom. The van der Waals surface area contributed by atoms with Crippen LogP contribution in [0.2, 0.25) is 0 Å². The SMILES string of the molecule is C=CCN=C(C)c1ccc(I)cc1. The molecule has 0 bridgehead atoms. The third-order valence-electron chi connectivity index (χ3n) is 1.72. The normalized spacial score (nSPS) is 11.4. The van der Waals surface area contributed by atoms with E-state index in [9.17, 15) is 0 Å². The number of nitrogens with zero attached hydrogens (tertiary/aromatic N) is 1. The van der Waals surface area contributed by atoms with Gasteiger partial charge in [-0.15, -0.1) is 6.58 Å². The van der Waals surface area contributed by atoms with Gasteiger partial charge in [-0.05, 0) is 47.2 Å². The lowest BCUT2D eigenvalue weighted by molar-refractivity contribution is 1.24. The lowest BCUT2D eigenvalue weighted by Gasteiger charge is -1.99. The van der Waals surface area contributed by atoms with E-state index < -0.39 is 0 Å². The van der Waals surface area contributed by atoms with Crippen LogP contribution in [0.5, 0.6) is 0 Å². The smallest absolute Gasteiger partial charge is 0.0571 e. The van der Waals surface area contributed by atoms with Gasteiger partial charge in [0.2, 0.25) is 0 Å². The molecular formula is C11H12IN. The number of hydrogen-bond acceptors (Lipinski definition) is 1. The summed E-state index contributed by atoms with van der Waals surface area (Å²) < 4.78 is 1.25. The van der Waals surface area contributed by atoms with Crippen LogP contribution in [-0.2, 0) is 0 Å². The average molecular weight is 285 g/mol. The Labute approximate surface area is 92.7 Å². The van der Waals surface area contributed by atoms with Gasteiger partial charge in [0, 0.05) is 9.28 Å². The van der Waals surface area contributed by atoms with Gasteiger partial charge in [0.15, 0.2) is 0 Å². The van der Waals surface area contributed by atoms with E-state index in [1.54, 1.807) is 6.08 Å². The van der Waals surface area contributed by atoms with Gasteiger partial charge in [-0.25, -0.2) is 0 Å². The molecule has 0 saturated carbocycles. The van der Waals surface area contributed by atoms with E-state index in [1.165, 1.54) is 9.13 Å². The van der Waals surface area contributed by atoms with Crippen LogP contribution in [0, 0.1) is 3.57 Å². The van der Waals surface area contributed by atoms with Crippen molar-refractivity contribution in [2.75, 3.05) is 6.54 Å². The third-order valence-corrected chi connectivity index (χ3v) is 2.44. The second-order valence-electron chi connectivity index (χ2n) is 2.72. The van der Waals surface area contributed by atoms with E-state index >= 15 is 0 Å². The van der Waals surface area contributed by atoms with Crippen molar-refractivity contribution in [3.05, 3.63) is 46.1 Å². The minimum absolute atomic E-state index is 0.692. The van der Waals surface area contributed by atoms with Crippen LogP contribution >= 0.6 is 22.6 Å². The highest BCUT2D eigenvalue weighted by molar-refractivity contribution is 14.1. The Hall–Kier alpha value is -0.640. The summed E-state index contributed by atoms with van der Waals surface area (Å²) in [6.45, 7) is 6.34. The van der Waals surface area contributed by atoms with Gasteiger partial charge >= 0.3 is 0 Å². The average Bonchev–Trinajstić information content (AvgIpc) is 2.15. The van der Waals surface area contributed by atoms with E-state index in [-0.39, 0.29) is 0 Å². The second-order valence-corrected chi connectivity index (χ2v) is 3.97. The predicted molar refractivity (Wildman–Crippen MR) is 66.4 cm³/mol. The van der Waals surface area contributed by atoms with Gasteiger partial charge in [-0.3, -0.25) is 4.99 Å². The molecule has 1 nitrogen and oxygen atoms in total. The molecule has 0 aliphatic carbocycles. The van der Waals surface area contributed by atoms with Crippen molar-refractivity contribution in [3.8, 4) is 0 Å². The molecular weight excluding hydrogens is 273 g/mol. The zero-order chi connectivity index (χ0) is 9.68. The first kappa shape index (κ1) is 10.4. The molecule has 0 aromatic heterocycles. The predicted octanol–water partition coefficient (Wildman–Crippen LogP) is 3.29. The molecule has 68 valence electrons. The van der Waals surface area contributed by atoms with Gasteiger partial charge in [0.25, 0.3) is 0 Å². The Bertz CT molecular complexity index is 311. The summed E-state index contributed by atoms with van der Waals surface area (Å²) in [5, 5.41) is 0. The molecule has 0 fully saturated rings. The lowest BCUT2D eigenvalue weighted by atomic mass is 10.1. The quantitative estimate of drug-likeness (QED) is 0.459. The topological polar surface area (TPSA) is 12.4 Å². The van der Waals surface area contributed by atoms with Crippen LogP contribution in [0.15, 0.2) is 41.9 Å². The lowest BCUT2D eigenvalue weighted by Crippen LogP contribution is -1.95. The summed E-state index contributed by atoms with van der Waals surface area (Å²) in [5.41, 5.74) is 2.25. The van der Waals surface area contributed by atoms with Gasteiger partial charge in [0.1, 0.15) is 0 Å². The first-order valence-electron chi connectivity index (χ1n) is 4.12. The van der Waals surface area contributed by atoms with Crippen molar-refractivity contribution < 1.29 is 0 Å². The maximum absolute atomic E-state index is 4.34. The molecule has 0 saturated heterocycles. The van der Waals surface area contributed by atoms with Gasteiger partial charge in [-0.1, -0.05) is 18.2 Å². The van der Waals surface area contributed by atoms with Crippen LogP contribution in [0.25, 0.3) is 0 Å². The van der Waals surface area contributed by atoms with E-state index in [0.29, 0.717) is 6.54 Å². The first-order chi connectivity index (χ1) is 6.24. The number of halogens is 1. The molecule has 2 heteroatoms. The molecule has 13 heavy (non-hydrogen) atoms. The number of aliphatic imine (C=N–C) groups is 1. The van der Waals surface area contributed by atoms with Crippen LogP contribution in [0.4, 0.5) is 0 Å². The monoisotopic (exact) mass is 285 g/mol. The van der Waals surface area contributed by atoms with Crippen LogP contribution < -0.4 is 0 Å². The van der Waals surface area contributed by atoms with Crippen molar-refractivity contribution in [1.82, 2.24) is 0 Å². The fourth-order valence-electron chi connectivity index (χ4n) is 0.984. The van der Waals surface area contributed by atoms with Crippen molar-refractivity contribution in [1.29, 1.82) is 0 Å². The minimum atomic E-state index is 0.692. The summed E-state index contributed by atoms with van der Waals surface area (Å²) in [7, 11) is 0. The number of benzene rings is 1. The third kappa shape index (κ3) is 3.30. The van der Waals surface area contributed by atoms with Gasteiger partial charge in [0.05, 0.1) is 6.54 Å². The van der Waals surface area contributed by atoms with Crippen molar-refractivity contribution in [3.63, 3.8) is 0 Å². The zero-order valence-corrected chi connectivity index (χ0v) is 9.78. The maximum atomic E-state index is 4.34. The summed E-state index contributed by atoms with van der Waals surface area (Å²) in [6, 6.07) is 8.35. The van der Waals surface area contributed by atoms with E-state index in [4.69, 9.17) is 0 Å². The standard InChI is InChI=1S/C11H12IN/c1-3-8-13-9(2)10-4-6-11(12)7-5-10/h3-7H,1,8H2,2H3. The molecule has 1 aromatic rings. The highest BCUT2D eigenvalue weighted by atomic mass is 127. The Balaban J connectivity index is 2.82. The molecule has 1 aromatic carbocycles. The minimum Gasteiger partial charge on any atom is -0.285 e. The molecule has 0 atom stereocenters. The molecule has 0 spiro atoms. The van der Waals surface area contributed by atoms with E-state index in [0.717, 1.165) is 5.71 Å². The van der Waals surface area contributed by atoms with Gasteiger partial charge in [-0.2, -0.15) is 0 Å². The fraction of sp³-hybridized carbons (Fsp3) is 0.182. The second kappa shape index (κ2) is 5.17. The summed E-state index contributed by atoms with van der Waals surface area (Å²) in [6.07, 6.45) is 1.80. The summed E-state index contributed by atoms with van der Waals surface area (Å²) in [4.78, 5) is 4.34. The number of hydrogen-bond donors (Lipinski definition) is 0. The molecule has 0 amide bonds. The maximum Gasteiger partial charge on any atom is 0.0571 e. The van der Waals surface area contributed by atoms with E-state index in [2.05, 4.69) is 58.4 Å². The van der Waals surface area contributed by atoms with Crippen LogP contribution in [0.1, 0.15) is 12.5 Å². The number of rotatable bonds is 3. The highest BCUT2D eigenvalue weighted by Crippen LogP contribution is 2.07. The molecule has 0 aliphatic rings. The molecule has 0 heterocycles. The molecule has 0 unspecified atom stereocenters. The van der Waals surface area contributed by atoms with Crippen LogP contribution in [-0.4, -0.2) is 12.3 Å². The Morgan fingerprint density at radius 3 is 2.62 bits per heavy atom. The van der Waals surface area contributed by atoms with Crippen molar-refractivity contribution in [2.45, 2.75) is 6.92 Å². The van der Waals surface area contributed by atoms with Crippen LogP contribution in [0.3, 0.4) is 0 Å². The molecule has 1 rings (SSSR count). The summed E-state index contributed by atoms with van der Waals surface area (Å²) in [5.74, 6) is 0. The Morgan fingerprint density at radius 1 is 1.46 bits per heavy atom. The van der Waals surface area contributed by atoms with Crippen molar-refractivity contribution >= 4 is 28.3 Å². The first-order valence-corrected chi connectivity index (χ1v) is 5.20. The molecule has 0 radical (unpaired) electrons. The highest BCUT2D eigenvalue weighted by Gasteiger charge is 1.94. The fourth-order valence-corrected chi connectivity index (χ4v) is 1.34. The van der Waals surface area contributed by atoms with Gasteiger partial charge < -0.3 is 0 Å².